The van der Waals surface area contributed by atoms with Crippen molar-refractivity contribution in [2.24, 2.45) is 0 Å². The van der Waals surface area contributed by atoms with Crippen LogP contribution in [0.2, 0.25) is 0 Å². The van der Waals surface area contributed by atoms with E-state index in [2.05, 4.69) is 19.6 Å². The van der Waals surface area contributed by atoms with Gasteiger partial charge in [-0.2, -0.15) is 5.26 Å². The molecule has 12 heavy (non-hydrogen) atoms. The summed E-state index contributed by atoms with van der Waals surface area (Å²) in [5.74, 6) is 0. The van der Waals surface area contributed by atoms with Crippen LogP contribution in [0.5, 0.6) is 0 Å². The summed E-state index contributed by atoms with van der Waals surface area (Å²) >= 11 is 0. The normalized spacial score (nSPS) is 9.33. The van der Waals surface area contributed by atoms with Crippen LogP contribution in [-0.4, -0.2) is 0 Å². The molecule has 68 valence electrons. The van der Waals surface area contributed by atoms with Gasteiger partial charge in [0.05, 0.1) is 6.07 Å². The van der Waals surface area contributed by atoms with Crippen molar-refractivity contribution in [1.82, 2.24) is 0 Å². The second-order valence-corrected chi connectivity index (χ2v) is 3.23. The van der Waals surface area contributed by atoms with Crippen molar-refractivity contribution < 1.29 is 0 Å². The van der Waals surface area contributed by atoms with E-state index in [0.29, 0.717) is 0 Å². The Bertz CT molecular complexity index is 153. The minimum Gasteiger partial charge on any atom is -0.193 e. The average molecular weight is 165 g/mol. The van der Waals surface area contributed by atoms with Crippen LogP contribution in [0.3, 0.4) is 0 Å². The lowest BCUT2D eigenvalue weighted by atomic mass is 10.1. The van der Waals surface area contributed by atoms with Crippen LogP contribution in [0.1, 0.15) is 51.9 Å². The number of unbranched alkanes of at least 4 members (excludes halogenated alkanes) is 5. The Hall–Kier alpha value is -0.770. The molecule has 0 heterocycles. The predicted molar refractivity (Wildman–Crippen MR) is 52.7 cm³/mol. The lowest BCUT2D eigenvalue weighted by Crippen LogP contribution is -1.80. The molecule has 0 unspecified atom stereocenters. The summed E-state index contributed by atoms with van der Waals surface area (Å²) in [6, 6.07) is 2.07. The third-order valence-electron chi connectivity index (χ3n) is 1.99. The molecule has 1 heteroatoms. The number of hydrogen-bond donors (Lipinski definition) is 0. The molecule has 0 atom stereocenters. The van der Waals surface area contributed by atoms with Gasteiger partial charge in [0.1, 0.15) is 0 Å². The number of rotatable bonds is 7. The molecule has 0 aliphatic carbocycles. The molecule has 0 saturated carbocycles. The first kappa shape index (κ1) is 11.2. The van der Waals surface area contributed by atoms with Crippen molar-refractivity contribution in [3.63, 3.8) is 0 Å². The van der Waals surface area contributed by atoms with Crippen LogP contribution < -0.4 is 0 Å². The lowest BCUT2D eigenvalue weighted by Gasteiger charge is -1.98. The monoisotopic (exact) mass is 165 g/mol. The van der Waals surface area contributed by atoms with Crippen LogP contribution in [0.15, 0.2) is 12.2 Å². The minimum atomic E-state index is 0.727. The van der Waals surface area contributed by atoms with Crippen LogP contribution in [0, 0.1) is 11.3 Å². The van der Waals surface area contributed by atoms with Gasteiger partial charge in [0.25, 0.3) is 0 Å². The molecule has 0 aromatic rings. The maximum atomic E-state index is 8.43. The molecule has 0 rings (SSSR count). The lowest BCUT2D eigenvalue weighted by molar-refractivity contribution is 0.609. The average Bonchev–Trinajstić information content (AvgIpc) is 2.10. The number of hydrogen-bond acceptors (Lipinski definition) is 1. The van der Waals surface area contributed by atoms with Crippen molar-refractivity contribution in [3.8, 4) is 6.07 Å². The quantitative estimate of drug-likeness (QED) is 0.415. The Morgan fingerprint density at radius 1 is 1.17 bits per heavy atom. The van der Waals surface area contributed by atoms with E-state index in [1.165, 1.54) is 32.1 Å². The molecule has 0 N–H and O–H groups in total. The van der Waals surface area contributed by atoms with Crippen molar-refractivity contribution in [2.75, 3.05) is 0 Å². The van der Waals surface area contributed by atoms with E-state index in [1.54, 1.807) is 0 Å². The van der Waals surface area contributed by atoms with Crippen LogP contribution in [0.25, 0.3) is 0 Å². The fraction of sp³-hybridized carbons (Fsp3) is 0.727. The number of allylic oxidation sites excluding steroid dienone is 1. The van der Waals surface area contributed by atoms with E-state index in [1.807, 2.05) is 0 Å². The summed E-state index contributed by atoms with van der Waals surface area (Å²) in [6.45, 7) is 5.87. The largest absolute Gasteiger partial charge is 0.193 e. The van der Waals surface area contributed by atoms with Gasteiger partial charge in [-0.3, -0.25) is 0 Å². The SMILES string of the molecule is C=C(C#N)CCCCCCCC. The second kappa shape index (κ2) is 8.33. The van der Waals surface area contributed by atoms with E-state index in [4.69, 9.17) is 5.26 Å². The van der Waals surface area contributed by atoms with Gasteiger partial charge in [-0.25, -0.2) is 0 Å². The topological polar surface area (TPSA) is 23.8 Å². The van der Waals surface area contributed by atoms with Gasteiger partial charge in [0, 0.05) is 5.57 Å². The Morgan fingerprint density at radius 2 is 1.75 bits per heavy atom. The molecule has 0 spiro atoms. The van der Waals surface area contributed by atoms with E-state index in [-0.39, 0.29) is 0 Å². The molecule has 0 fully saturated rings. The van der Waals surface area contributed by atoms with Gasteiger partial charge in [0.2, 0.25) is 0 Å². The summed E-state index contributed by atoms with van der Waals surface area (Å²) in [5.41, 5.74) is 0.727. The minimum absolute atomic E-state index is 0.727. The predicted octanol–water partition coefficient (Wildman–Crippen LogP) is 3.82. The van der Waals surface area contributed by atoms with Gasteiger partial charge < -0.3 is 0 Å². The van der Waals surface area contributed by atoms with Gasteiger partial charge in [-0.05, 0) is 12.8 Å². The first-order valence-corrected chi connectivity index (χ1v) is 4.89. The number of nitriles is 1. The van der Waals surface area contributed by atoms with Crippen molar-refractivity contribution in [1.29, 1.82) is 5.26 Å². The fourth-order valence-corrected chi connectivity index (χ4v) is 1.17. The second-order valence-electron chi connectivity index (χ2n) is 3.23. The first-order valence-electron chi connectivity index (χ1n) is 4.89. The molecule has 0 aliphatic heterocycles. The highest BCUT2D eigenvalue weighted by Gasteiger charge is 1.92. The van der Waals surface area contributed by atoms with Crippen LogP contribution in [0.4, 0.5) is 0 Å². The molecular formula is C11H19N. The molecule has 0 saturated heterocycles. The van der Waals surface area contributed by atoms with E-state index in [0.717, 1.165) is 18.4 Å². The van der Waals surface area contributed by atoms with E-state index < -0.39 is 0 Å². The van der Waals surface area contributed by atoms with Crippen molar-refractivity contribution in [3.05, 3.63) is 12.2 Å². The molecule has 0 radical (unpaired) electrons. The molecule has 1 nitrogen and oxygen atoms in total. The summed E-state index contributed by atoms with van der Waals surface area (Å²) < 4.78 is 0. The molecule has 0 aromatic carbocycles. The highest BCUT2D eigenvalue weighted by Crippen LogP contribution is 2.09. The Balaban J connectivity index is 3.02. The smallest absolute Gasteiger partial charge is 0.0940 e. The van der Waals surface area contributed by atoms with Crippen molar-refractivity contribution >= 4 is 0 Å². The summed E-state index contributed by atoms with van der Waals surface area (Å²) in [5, 5.41) is 8.43. The number of nitrogens with zero attached hydrogens (tertiary/aromatic N) is 1. The van der Waals surface area contributed by atoms with E-state index >= 15 is 0 Å². The molecular weight excluding hydrogens is 146 g/mol. The Labute approximate surface area is 76.1 Å². The summed E-state index contributed by atoms with van der Waals surface area (Å²) in [6.07, 6.45) is 8.58. The zero-order chi connectivity index (χ0) is 9.23. The highest BCUT2D eigenvalue weighted by atomic mass is 14.2. The molecule has 0 amide bonds. The van der Waals surface area contributed by atoms with E-state index in [9.17, 15) is 0 Å². The standard InChI is InChI=1S/C11H19N/c1-3-4-5-6-7-8-9-11(2)10-12/h2-9H2,1H3. The third kappa shape index (κ3) is 7.34. The van der Waals surface area contributed by atoms with Gasteiger partial charge in [-0.15, -0.1) is 0 Å². The first-order chi connectivity index (χ1) is 5.81. The Morgan fingerprint density at radius 3 is 2.33 bits per heavy atom. The van der Waals surface area contributed by atoms with Gasteiger partial charge in [0.15, 0.2) is 0 Å². The van der Waals surface area contributed by atoms with Crippen LogP contribution >= 0.6 is 0 Å². The molecule has 0 bridgehead atoms. The zero-order valence-electron chi connectivity index (χ0n) is 8.10. The van der Waals surface area contributed by atoms with Crippen molar-refractivity contribution in [2.45, 2.75) is 51.9 Å². The highest BCUT2D eigenvalue weighted by molar-refractivity contribution is 5.14. The van der Waals surface area contributed by atoms with Gasteiger partial charge in [-0.1, -0.05) is 45.6 Å². The maximum Gasteiger partial charge on any atom is 0.0940 e. The molecule has 0 aromatic heterocycles. The summed E-state index contributed by atoms with van der Waals surface area (Å²) in [7, 11) is 0. The summed E-state index contributed by atoms with van der Waals surface area (Å²) in [4.78, 5) is 0. The maximum absolute atomic E-state index is 8.43. The third-order valence-corrected chi connectivity index (χ3v) is 1.99. The zero-order valence-corrected chi connectivity index (χ0v) is 8.10. The fourth-order valence-electron chi connectivity index (χ4n) is 1.17. The van der Waals surface area contributed by atoms with Crippen LogP contribution in [-0.2, 0) is 0 Å². The van der Waals surface area contributed by atoms with Gasteiger partial charge >= 0.3 is 0 Å². The Kier molecular flexibility index (Phi) is 7.79. The molecule has 0 aliphatic rings.